The maximum absolute atomic E-state index is 13.2. The summed E-state index contributed by atoms with van der Waals surface area (Å²) in [7, 11) is 1.84. The van der Waals surface area contributed by atoms with Crippen LogP contribution in [0.15, 0.2) is 18.2 Å². The molecule has 0 aliphatic carbocycles. The Labute approximate surface area is 119 Å². The summed E-state index contributed by atoms with van der Waals surface area (Å²) in [5.41, 5.74) is 9.24. The molecule has 0 spiro atoms. The van der Waals surface area contributed by atoms with E-state index in [1.54, 1.807) is 16.8 Å². The van der Waals surface area contributed by atoms with E-state index < -0.39 is 5.82 Å². The van der Waals surface area contributed by atoms with E-state index in [1.807, 2.05) is 18.5 Å². The molecule has 0 radical (unpaired) electrons. The van der Waals surface area contributed by atoms with Crippen molar-refractivity contribution in [2.24, 2.45) is 7.05 Å². The number of imidazole rings is 1. The fourth-order valence-electron chi connectivity index (χ4n) is 2.33. The molecule has 5 nitrogen and oxygen atoms in total. The molecule has 2 heterocycles. The Bertz CT molecular complexity index is 805. The molecule has 3 rings (SSSR count). The van der Waals surface area contributed by atoms with Crippen molar-refractivity contribution in [2.45, 2.75) is 13.5 Å². The number of benzene rings is 1. The quantitative estimate of drug-likeness (QED) is 0.789. The van der Waals surface area contributed by atoms with Crippen molar-refractivity contribution in [3.05, 3.63) is 40.3 Å². The van der Waals surface area contributed by atoms with E-state index in [0.29, 0.717) is 12.5 Å². The second kappa shape index (κ2) is 4.49. The highest BCUT2D eigenvalue weighted by atomic mass is 35.5. The van der Waals surface area contributed by atoms with Gasteiger partial charge in [0, 0.05) is 7.05 Å². The lowest BCUT2D eigenvalue weighted by molar-refractivity contribution is 0.626. The van der Waals surface area contributed by atoms with Gasteiger partial charge in [-0.25, -0.2) is 9.37 Å². The Kier molecular flexibility index (Phi) is 2.90. The minimum atomic E-state index is -0.435. The van der Waals surface area contributed by atoms with Crippen LogP contribution in [0.2, 0.25) is 5.02 Å². The van der Waals surface area contributed by atoms with Gasteiger partial charge < -0.3 is 5.73 Å². The number of anilines is 1. The van der Waals surface area contributed by atoms with Gasteiger partial charge in [-0.15, -0.1) is 0 Å². The highest BCUT2D eigenvalue weighted by Crippen LogP contribution is 2.23. The first kappa shape index (κ1) is 12.9. The molecule has 0 saturated carbocycles. The molecule has 0 amide bonds. The summed E-state index contributed by atoms with van der Waals surface area (Å²) in [6, 6.07) is 4.61. The summed E-state index contributed by atoms with van der Waals surface area (Å²) < 4.78 is 16.8. The van der Waals surface area contributed by atoms with Gasteiger partial charge in [-0.1, -0.05) is 17.7 Å². The summed E-state index contributed by atoms with van der Waals surface area (Å²) in [5, 5.41) is 4.41. The number of nitrogens with zero attached hydrogens (tertiary/aromatic N) is 4. The van der Waals surface area contributed by atoms with E-state index in [9.17, 15) is 4.39 Å². The smallest absolute Gasteiger partial charge is 0.202 e. The fourth-order valence-corrected chi connectivity index (χ4v) is 2.53. The van der Waals surface area contributed by atoms with Gasteiger partial charge in [-0.2, -0.15) is 5.10 Å². The van der Waals surface area contributed by atoms with Crippen LogP contribution < -0.4 is 5.73 Å². The van der Waals surface area contributed by atoms with Gasteiger partial charge in [0.05, 0.1) is 17.3 Å². The molecule has 2 N–H and O–H groups in total. The van der Waals surface area contributed by atoms with Crippen molar-refractivity contribution >= 4 is 28.7 Å². The minimum Gasteiger partial charge on any atom is -0.369 e. The molecule has 0 unspecified atom stereocenters. The van der Waals surface area contributed by atoms with E-state index in [0.717, 1.165) is 22.4 Å². The second-order valence-electron chi connectivity index (χ2n) is 4.69. The molecule has 0 bridgehead atoms. The Morgan fingerprint density at radius 3 is 2.85 bits per heavy atom. The first-order valence-corrected chi connectivity index (χ1v) is 6.44. The summed E-state index contributed by atoms with van der Waals surface area (Å²) in [6.07, 6.45) is 0. The van der Waals surface area contributed by atoms with Crippen molar-refractivity contribution < 1.29 is 4.39 Å². The topological polar surface area (TPSA) is 61.7 Å². The Hall–Kier alpha value is -2.08. The number of rotatable bonds is 2. The van der Waals surface area contributed by atoms with Crippen LogP contribution in [0, 0.1) is 12.7 Å². The number of halogens is 2. The third kappa shape index (κ3) is 1.92. The zero-order chi connectivity index (χ0) is 14.4. The van der Waals surface area contributed by atoms with E-state index in [1.165, 1.54) is 6.07 Å². The Balaban J connectivity index is 2.10. The SMILES string of the molecule is Cc1nn(C)c2c1nc(N)n2Cc1ccc(F)c(Cl)c1. The van der Waals surface area contributed by atoms with Crippen molar-refractivity contribution in [3.8, 4) is 0 Å². The van der Waals surface area contributed by atoms with Gasteiger partial charge >= 0.3 is 0 Å². The molecule has 0 fully saturated rings. The van der Waals surface area contributed by atoms with Crippen LogP contribution in [-0.2, 0) is 13.6 Å². The van der Waals surface area contributed by atoms with E-state index >= 15 is 0 Å². The lowest BCUT2D eigenvalue weighted by Gasteiger charge is -2.07. The van der Waals surface area contributed by atoms with Crippen molar-refractivity contribution in [1.29, 1.82) is 0 Å². The second-order valence-corrected chi connectivity index (χ2v) is 5.09. The zero-order valence-electron chi connectivity index (χ0n) is 11.1. The molecule has 20 heavy (non-hydrogen) atoms. The predicted molar refractivity (Wildman–Crippen MR) is 76.2 cm³/mol. The van der Waals surface area contributed by atoms with Gasteiger partial charge in [0.25, 0.3) is 0 Å². The molecule has 0 aliphatic rings. The van der Waals surface area contributed by atoms with Gasteiger partial charge in [0.1, 0.15) is 11.3 Å². The molecule has 104 valence electrons. The minimum absolute atomic E-state index is 0.0959. The number of fused-ring (bicyclic) bond motifs is 1. The lowest BCUT2D eigenvalue weighted by Crippen LogP contribution is -2.08. The molecule has 0 aliphatic heterocycles. The van der Waals surface area contributed by atoms with Crippen LogP contribution in [0.4, 0.5) is 10.3 Å². The van der Waals surface area contributed by atoms with Gasteiger partial charge in [-0.05, 0) is 24.6 Å². The third-order valence-corrected chi connectivity index (χ3v) is 3.53. The molecular weight excluding hydrogens is 281 g/mol. The fraction of sp³-hybridized carbons (Fsp3) is 0.231. The van der Waals surface area contributed by atoms with Crippen LogP contribution in [0.1, 0.15) is 11.3 Å². The van der Waals surface area contributed by atoms with E-state index in [4.69, 9.17) is 17.3 Å². The lowest BCUT2D eigenvalue weighted by atomic mass is 10.2. The van der Waals surface area contributed by atoms with Gasteiger partial charge in [-0.3, -0.25) is 9.25 Å². The zero-order valence-corrected chi connectivity index (χ0v) is 11.8. The molecular formula is C13H13ClFN5. The molecule has 0 saturated heterocycles. The van der Waals surface area contributed by atoms with Crippen LogP contribution in [0.25, 0.3) is 11.2 Å². The number of hydrogen-bond donors (Lipinski definition) is 1. The normalized spacial score (nSPS) is 11.4. The summed E-state index contributed by atoms with van der Waals surface area (Å²) in [5.74, 6) is -0.0351. The maximum atomic E-state index is 13.2. The Morgan fingerprint density at radius 1 is 1.40 bits per heavy atom. The maximum Gasteiger partial charge on any atom is 0.202 e. The van der Waals surface area contributed by atoms with Gasteiger partial charge in [0.15, 0.2) is 5.65 Å². The summed E-state index contributed by atoms with van der Waals surface area (Å²) in [4.78, 5) is 4.32. The summed E-state index contributed by atoms with van der Waals surface area (Å²) in [6.45, 7) is 2.34. The monoisotopic (exact) mass is 293 g/mol. The number of hydrogen-bond acceptors (Lipinski definition) is 3. The molecule has 1 aromatic carbocycles. The highest BCUT2D eigenvalue weighted by Gasteiger charge is 2.16. The first-order chi connectivity index (χ1) is 9.47. The van der Waals surface area contributed by atoms with Crippen LogP contribution in [0.5, 0.6) is 0 Å². The number of aryl methyl sites for hydroxylation is 2. The first-order valence-electron chi connectivity index (χ1n) is 6.06. The van der Waals surface area contributed by atoms with E-state index in [-0.39, 0.29) is 5.02 Å². The molecule has 7 heteroatoms. The molecule has 2 aromatic heterocycles. The standard InChI is InChI=1S/C13H13ClFN5/c1-7-11-12(19(2)18-7)20(13(16)17-11)6-8-3-4-10(15)9(14)5-8/h3-5H,6H2,1-2H3,(H2,16,17). The third-order valence-electron chi connectivity index (χ3n) is 3.24. The number of nitrogen functional groups attached to an aromatic ring is 1. The number of aromatic nitrogens is 4. The Morgan fingerprint density at radius 2 is 2.15 bits per heavy atom. The van der Waals surface area contributed by atoms with Crippen molar-refractivity contribution in [2.75, 3.05) is 5.73 Å². The average molecular weight is 294 g/mol. The summed E-state index contributed by atoms with van der Waals surface area (Å²) >= 11 is 5.80. The molecule has 3 aromatic rings. The largest absolute Gasteiger partial charge is 0.369 e. The predicted octanol–water partition coefficient (Wildman–Crippen LogP) is 2.50. The average Bonchev–Trinajstić information content (AvgIpc) is 2.84. The molecule has 0 atom stereocenters. The van der Waals surface area contributed by atoms with E-state index in [2.05, 4.69) is 10.1 Å². The van der Waals surface area contributed by atoms with Crippen molar-refractivity contribution in [3.63, 3.8) is 0 Å². The number of nitrogens with two attached hydrogens (primary N) is 1. The van der Waals surface area contributed by atoms with Gasteiger partial charge in [0.2, 0.25) is 5.95 Å². The highest BCUT2D eigenvalue weighted by molar-refractivity contribution is 6.30. The van der Waals surface area contributed by atoms with Crippen LogP contribution in [0.3, 0.4) is 0 Å². The van der Waals surface area contributed by atoms with Crippen LogP contribution >= 0.6 is 11.6 Å². The van der Waals surface area contributed by atoms with Crippen molar-refractivity contribution in [1.82, 2.24) is 19.3 Å². The van der Waals surface area contributed by atoms with Crippen LogP contribution in [-0.4, -0.2) is 19.3 Å².